The number of carbonyl (C=O) groups excluding carboxylic acids is 2. The quantitative estimate of drug-likeness (QED) is 0.205. The van der Waals surface area contributed by atoms with Crippen molar-refractivity contribution < 1.29 is 14.3 Å². The molecule has 4 heteroatoms. The van der Waals surface area contributed by atoms with E-state index in [4.69, 9.17) is 9.72 Å². The number of para-hydroxylation sites is 1. The van der Waals surface area contributed by atoms with E-state index in [2.05, 4.69) is 0 Å². The summed E-state index contributed by atoms with van der Waals surface area (Å²) in [6, 6.07) is 34.4. The minimum atomic E-state index is -0.550. The zero-order valence-corrected chi connectivity index (χ0v) is 19.3. The first kappa shape index (κ1) is 22.2. The molecule has 1 heterocycles. The smallest absolute Gasteiger partial charge is 0.339 e. The van der Waals surface area contributed by atoms with Crippen molar-refractivity contribution in [2.45, 2.75) is 6.92 Å². The van der Waals surface area contributed by atoms with E-state index in [1.165, 1.54) is 0 Å². The lowest BCUT2D eigenvalue weighted by molar-refractivity contribution is 0.0476. The Kier molecular flexibility index (Phi) is 6.18. The fraction of sp³-hybridized carbons (Fsp3) is 0.0645. The zero-order valence-electron chi connectivity index (χ0n) is 19.3. The SMILES string of the molecule is Cc1ccc(-c2cc(C(=O)OCC(=O)c3ccc(-c4ccccc4)cc3)c3ccccc3n2)cc1. The third-order valence-corrected chi connectivity index (χ3v) is 5.93. The van der Waals surface area contributed by atoms with Gasteiger partial charge in [0.1, 0.15) is 0 Å². The molecule has 0 saturated carbocycles. The number of carbonyl (C=O) groups is 2. The number of benzene rings is 4. The summed E-state index contributed by atoms with van der Waals surface area (Å²) in [5, 5.41) is 0.688. The van der Waals surface area contributed by atoms with E-state index in [1.807, 2.05) is 97.9 Å². The molecule has 5 aromatic rings. The van der Waals surface area contributed by atoms with Gasteiger partial charge in [0.05, 0.1) is 16.8 Å². The van der Waals surface area contributed by atoms with Crippen molar-refractivity contribution >= 4 is 22.7 Å². The van der Waals surface area contributed by atoms with Gasteiger partial charge in [-0.05, 0) is 30.2 Å². The number of pyridine rings is 1. The topological polar surface area (TPSA) is 56.3 Å². The Balaban J connectivity index is 1.36. The first-order chi connectivity index (χ1) is 17.1. The molecule has 1 aromatic heterocycles. The molecule has 0 aliphatic heterocycles. The molecule has 0 aliphatic carbocycles. The Morgan fingerprint density at radius 2 is 1.34 bits per heavy atom. The van der Waals surface area contributed by atoms with E-state index >= 15 is 0 Å². The van der Waals surface area contributed by atoms with Crippen molar-refractivity contribution in [2.24, 2.45) is 0 Å². The predicted octanol–water partition coefficient (Wildman–Crippen LogP) is 6.92. The van der Waals surface area contributed by atoms with Gasteiger partial charge in [0.15, 0.2) is 12.4 Å². The molecule has 0 unspecified atom stereocenters. The number of esters is 1. The number of ketones is 1. The van der Waals surface area contributed by atoms with Crippen LogP contribution in [0.5, 0.6) is 0 Å². The lowest BCUT2D eigenvalue weighted by Crippen LogP contribution is -2.15. The Bertz CT molecular complexity index is 1510. The van der Waals surface area contributed by atoms with E-state index in [1.54, 1.807) is 18.2 Å². The summed E-state index contributed by atoms with van der Waals surface area (Å²) in [5.74, 6) is -0.804. The first-order valence-corrected chi connectivity index (χ1v) is 11.4. The predicted molar refractivity (Wildman–Crippen MR) is 138 cm³/mol. The zero-order chi connectivity index (χ0) is 24.2. The lowest BCUT2D eigenvalue weighted by atomic mass is 10.0. The molecule has 0 spiro atoms. The van der Waals surface area contributed by atoms with Gasteiger partial charge in [-0.15, -0.1) is 0 Å². The second-order valence-electron chi connectivity index (χ2n) is 8.38. The fourth-order valence-electron chi connectivity index (χ4n) is 3.99. The molecule has 0 bridgehead atoms. The van der Waals surface area contributed by atoms with E-state index in [-0.39, 0.29) is 12.4 Å². The van der Waals surface area contributed by atoms with Gasteiger partial charge in [0.25, 0.3) is 0 Å². The number of fused-ring (bicyclic) bond motifs is 1. The van der Waals surface area contributed by atoms with E-state index in [0.717, 1.165) is 22.3 Å². The second-order valence-corrected chi connectivity index (χ2v) is 8.38. The average Bonchev–Trinajstić information content (AvgIpc) is 2.92. The van der Waals surface area contributed by atoms with Crippen molar-refractivity contribution in [3.05, 3.63) is 126 Å². The van der Waals surface area contributed by atoms with Gasteiger partial charge in [-0.3, -0.25) is 4.79 Å². The minimum absolute atomic E-state index is 0.255. The third-order valence-electron chi connectivity index (χ3n) is 5.93. The Labute approximate surface area is 203 Å². The molecule has 0 N–H and O–H groups in total. The molecule has 0 amide bonds. The van der Waals surface area contributed by atoms with E-state index in [0.29, 0.717) is 27.7 Å². The maximum absolute atomic E-state index is 13.1. The molecule has 4 nitrogen and oxygen atoms in total. The van der Waals surface area contributed by atoms with Gasteiger partial charge < -0.3 is 4.74 Å². The minimum Gasteiger partial charge on any atom is -0.454 e. The summed E-state index contributed by atoms with van der Waals surface area (Å²) in [6.45, 7) is 1.69. The summed E-state index contributed by atoms with van der Waals surface area (Å²) in [4.78, 5) is 30.5. The molecule has 170 valence electrons. The monoisotopic (exact) mass is 457 g/mol. The number of hydrogen-bond donors (Lipinski definition) is 0. The fourth-order valence-corrected chi connectivity index (χ4v) is 3.99. The maximum Gasteiger partial charge on any atom is 0.339 e. The molecule has 35 heavy (non-hydrogen) atoms. The van der Waals surface area contributed by atoms with Gasteiger partial charge in [0.2, 0.25) is 0 Å². The molecule has 0 saturated heterocycles. The normalized spacial score (nSPS) is 10.8. The molecule has 0 fully saturated rings. The van der Waals surface area contributed by atoms with Crippen LogP contribution in [-0.2, 0) is 4.74 Å². The molecule has 4 aromatic carbocycles. The van der Waals surface area contributed by atoms with Crippen molar-refractivity contribution in [2.75, 3.05) is 6.61 Å². The third kappa shape index (κ3) is 4.87. The number of nitrogens with zero attached hydrogens (tertiary/aromatic N) is 1. The van der Waals surface area contributed by atoms with Crippen molar-refractivity contribution in [3.63, 3.8) is 0 Å². The Hall–Kier alpha value is -4.57. The Morgan fingerprint density at radius 3 is 2.09 bits per heavy atom. The van der Waals surface area contributed by atoms with Crippen LogP contribution in [-0.4, -0.2) is 23.3 Å². The highest BCUT2D eigenvalue weighted by molar-refractivity contribution is 6.06. The number of Topliss-reactive ketones (excluding diaryl/α,β-unsaturated/α-hetero) is 1. The van der Waals surface area contributed by atoms with E-state index in [9.17, 15) is 9.59 Å². The molecule has 0 radical (unpaired) electrons. The van der Waals surface area contributed by atoms with Crippen LogP contribution in [0.1, 0.15) is 26.3 Å². The van der Waals surface area contributed by atoms with Gasteiger partial charge >= 0.3 is 5.97 Å². The number of hydrogen-bond acceptors (Lipinski definition) is 4. The van der Waals surface area contributed by atoms with Gasteiger partial charge in [-0.2, -0.15) is 0 Å². The summed E-state index contributed by atoms with van der Waals surface area (Å²) < 4.78 is 5.46. The highest BCUT2D eigenvalue weighted by Crippen LogP contribution is 2.26. The summed E-state index contributed by atoms with van der Waals surface area (Å²) in [6.07, 6.45) is 0. The summed E-state index contributed by atoms with van der Waals surface area (Å²) >= 11 is 0. The van der Waals surface area contributed by atoms with Gasteiger partial charge in [-0.1, -0.05) is 103 Å². The largest absolute Gasteiger partial charge is 0.454 e. The number of aryl methyl sites for hydroxylation is 1. The molecule has 0 aliphatic rings. The van der Waals surface area contributed by atoms with Crippen LogP contribution in [0.25, 0.3) is 33.3 Å². The standard InChI is InChI=1S/C31H23NO3/c1-21-11-13-24(14-12-21)29-19-27(26-9-5-6-10-28(26)32-29)31(34)35-20-30(33)25-17-15-23(16-18-25)22-7-3-2-4-8-22/h2-19H,20H2,1H3. The summed E-state index contributed by atoms with van der Waals surface area (Å²) in [5.41, 5.74) is 6.40. The molecule has 5 rings (SSSR count). The first-order valence-electron chi connectivity index (χ1n) is 11.4. The van der Waals surface area contributed by atoms with Gasteiger partial charge in [-0.25, -0.2) is 9.78 Å². The van der Waals surface area contributed by atoms with E-state index < -0.39 is 5.97 Å². The lowest BCUT2D eigenvalue weighted by Gasteiger charge is -2.10. The number of ether oxygens (including phenoxy) is 1. The van der Waals surface area contributed by atoms with Crippen LogP contribution in [0.2, 0.25) is 0 Å². The van der Waals surface area contributed by atoms with Crippen LogP contribution >= 0.6 is 0 Å². The molecular formula is C31H23NO3. The summed E-state index contributed by atoms with van der Waals surface area (Å²) in [7, 11) is 0. The van der Waals surface area contributed by atoms with Crippen LogP contribution in [0.3, 0.4) is 0 Å². The van der Waals surface area contributed by atoms with Crippen LogP contribution in [0.4, 0.5) is 0 Å². The second kappa shape index (κ2) is 9.74. The maximum atomic E-state index is 13.1. The Morgan fingerprint density at radius 1 is 0.714 bits per heavy atom. The molecule has 0 atom stereocenters. The number of rotatable bonds is 6. The number of aromatic nitrogens is 1. The van der Waals surface area contributed by atoms with Crippen LogP contribution in [0.15, 0.2) is 109 Å². The average molecular weight is 458 g/mol. The van der Waals surface area contributed by atoms with Gasteiger partial charge in [0, 0.05) is 16.5 Å². The van der Waals surface area contributed by atoms with Crippen LogP contribution < -0.4 is 0 Å². The van der Waals surface area contributed by atoms with Crippen molar-refractivity contribution in [1.82, 2.24) is 4.98 Å². The highest BCUT2D eigenvalue weighted by atomic mass is 16.5. The van der Waals surface area contributed by atoms with Crippen LogP contribution in [0, 0.1) is 6.92 Å². The van der Waals surface area contributed by atoms with Crippen molar-refractivity contribution in [3.8, 4) is 22.4 Å². The highest BCUT2D eigenvalue weighted by Gasteiger charge is 2.17. The van der Waals surface area contributed by atoms with Crippen molar-refractivity contribution in [1.29, 1.82) is 0 Å². The molecular weight excluding hydrogens is 434 g/mol.